The number of hydrogen-bond donors (Lipinski definition) is 1. The molecule has 38 heavy (non-hydrogen) atoms. The highest BCUT2D eigenvalue weighted by Gasteiger charge is 2.76. The van der Waals surface area contributed by atoms with Crippen molar-refractivity contribution in [2.75, 3.05) is 31.2 Å². The molecule has 0 saturated carbocycles. The average Bonchev–Trinajstić information content (AvgIpc) is 3.49. The van der Waals surface area contributed by atoms with Crippen LogP contribution in [0.1, 0.15) is 32.1 Å². The number of unbranched alkanes of at least 4 members (excludes halogenated alkanes) is 2. The smallest absolute Gasteiger partial charge is 0.310 e. The molecule has 3 unspecified atom stereocenters. The third kappa shape index (κ3) is 5.31. The molecule has 2 bridgehead atoms. The van der Waals surface area contributed by atoms with Crippen LogP contribution in [0.2, 0.25) is 5.02 Å². The van der Waals surface area contributed by atoms with Gasteiger partial charge in [0.1, 0.15) is 6.04 Å². The molecule has 0 radical (unpaired) electrons. The lowest BCUT2D eigenvalue weighted by Gasteiger charge is -2.37. The summed E-state index contributed by atoms with van der Waals surface area (Å²) in [6.07, 6.45) is 6.86. The number of alkyl halides is 1. The SMILES string of the molecule is C=CCCCCOC(=O)[C@H]1[C@H]2C(=O)N(CCCO)C(C(=O)N(CC=C)c3ccc(Cl)cc3)C23CC(Br)[C@@H]1S3. The number of nitrogens with zero attached hydrogens (tertiary/aromatic N) is 2. The molecule has 3 heterocycles. The molecular weight excluding hydrogens is 592 g/mol. The molecule has 3 saturated heterocycles. The highest BCUT2D eigenvalue weighted by Crippen LogP contribution is 2.68. The number of aliphatic hydroxyl groups excluding tert-OH is 1. The van der Waals surface area contributed by atoms with Gasteiger partial charge in [0.2, 0.25) is 5.91 Å². The van der Waals surface area contributed by atoms with Crippen molar-refractivity contribution in [3.05, 3.63) is 54.6 Å². The van der Waals surface area contributed by atoms with E-state index in [0.29, 0.717) is 30.2 Å². The summed E-state index contributed by atoms with van der Waals surface area (Å²) in [5.41, 5.74) is 0.650. The maximum atomic E-state index is 14.4. The van der Waals surface area contributed by atoms with Gasteiger partial charge in [0, 0.05) is 40.5 Å². The number of esters is 1. The fraction of sp³-hybridized carbons (Fsp3) is 0.536. The minimum Gasteiger partial charge on any atom is -0.465 e. The number of hydrogen-bond acceptors (Lipinski definition) is 6. The van der Waals surface area contributed by atoms with Crippen LogP contribution >= 0.6 is 39.3 Å². The lowest BCUT2D eigenvalue weighted by atomic mass is 9.71. The maximum absolute atomic E-state index is 14.4. The van der Waals surface area contributed by atoms with Crippen molar-refractivity contribution in [2.24, 2.45) is 11.8 Å². The summed E-state index contributed by atoms with van der Waals surface area (Å²) < 4.78 is 4.89. The van der Waals surface area contributed by atoms with Gasteiger partial charge in [0.25, 0.3) is 5.91 Å². The van der Waals surface area contributed by atoms with Gasteiger partial charge < -0.3 is 19.6 Å². The Labute approximate surface area is 241 Å². The zero-order valence-electron chi connectivity index (χ0n) is 21.3. The predicted octanol–water partition coefficient (Wildman–Crippen LogP) is 4.61. The molecule has 3 aliphatic heterocycles. The van der Waals surface area contributed by atoms with E-state index >= 15 is 0 Å². The van der Waals surface area contributed by atoms with Crippen molar-refractivity contribution in [3.8, 4) is 0 Å². The Bertz CT molecular complexity index is 1070. The summed E-state index contributed by atoms with van der Waals surface area (Å²) in [5, 5.41) is 9.95. The highest BCUT2D eigenvalue weighted by molar-refractivity contribution is 9.09. The topological polar surface area (TPSA) is 87.1 Å². The van der Waals surface area contributed by atoms with Gasteiger partial charge in [-0.3, -0.25) is 14.4 Å². The second-order valence-corrected chi connectivity index (χ2v) is 13.1. The second-order valence-electron chi connectivity index (χ2n) is 9.94. The Morgan fingerprint density at radius 2 is 1.97 bits per heavy atom. The molecule has 1 aromatic rings. The van der Waals surface area contributed by atoms with Gasteiger partial charge in [-0.05, 0) is 56.4 Å². The first-order valence-electron chi connectivity index (χ1n) is 13.0. The van der Waals surface area contributed by atoms with Gasteiger partial charge >= 0.3 is 5.97 Å². The van der Waals surface area contributed by atoms with E-state index < -0.39 is 22.6 Å². The molecule has 7 nitrogen and oxygen atoms in total. The van der Waals surface area contributed by atoms with Crippen molar-refractivity contribution < 1.29 is 24.2 Å². The first-order valence-corrected chi connectivity index (χ1v) is 15.2. The molecule has 2 amide bonds. The normalized spacial score (nSPS) is 29.3. The molecule has 1 N–H and O–H groups in total. The van der Waals surface area contributed by atoms with E-state index in [9.17, 15) is 19.5 Å². The Morgan fingerprint density at radius 1 is 1.24 bits per heavy atom. The number of carbonyl (C=O) groups excluding carboxylic acids is 3. The summed E-state index contributed by atoms with van der Waals surface area (Å²) in [6.45, 7) is 8.21. The highest BCUT2D eigenvalue weighted by atomic mass is 79.9. The van der Waals surface area contributed by atoms with E-state index in [1.165, 1.54) is 0 Å². The minimum absolute atomic E-state index is 0.0358. The van der Waals surface area contributed by atoms with E-state index in [0.717, 1.165) is 19.3 Å². The molecule has 1 aromatic carbocycles. The Balaban J connectivity index is 1.67. The second kappa shape index (κ2) is 12.6. The summed E-state index contributed by atoms with van der Waals surface area (Å²) in [6, 6.07) is 6.19. The zero-order chi connectivity index (χ0) is 27.4. The van der Waals surface area contributed by atoms with Crippen LogP contribution < -0.4 is 4.90 Å². The lowest BCUT2D eigenvalue weighted by Crippen LogP contribution is -2.55. The maximum Gasteiger partial charge on any atom is 0.310 e. The fourth-order valence-electron chi connectivity index (χ4n) is 6.04. The molecule has 4 rings (SSSR count). The number of benzene rings is 1. The van der Waals surface area contributed by atoms with Crippen LogP contribution in [0.25, 0.3) is 0 Å². The van der Waals surface area contributed by atoms with E-state index in [2.05, 4.69) is 29.1 Å². The van der Waals surface area contributed by atoms with Crippen LogP contribution in [0.4, 0.5) is 5.69 Å². The van der Waals surface area contributed by atoms with E-state index in [-0.39, 0.29) is 47.6 Å². The molecule has 3 aliphatic rings. The molecule has 6 atom stereocenters. The molecule has 10 heteroatoms. The number of amides is 2. The summed E-state index contributed by atoms with van der Waals surface area (Å²) in [4.78, 5) is 44.9. The van der Waals surface area contributed by atoms with Gasteiger partial charge in [0.15, 0.2) is 0 Å². The standard InChI is InChI=1S/C28H34BrClN2O5S/c1-3-5-6-7-16-37-27(36)21-22-25(34)32(14-8-15-33)24(28(22)17-20(29)23(21)38-28)26(35)31(13-4-2)19-11-9-18(30)10-12-19/h3-4,9-12,20-24,33H,1-2,5-8,13-17H2/t20?,21-,22-,23-,24?,28?/m0/s1. The zero-order valence-corrected chi connectivity index (χ0v) is 24.4. The van der Waals surface area contributed by atoms with Crippen LogP contribution in [-0.2, 0) is 19.1 Å². The number of ether oxygens (including phenoxy) is 1. The van der Waals surface area contributed by atoms with Crippen molar-refractivity contribution in [1.82, 2.24) is 4.90 Å². The lowest BCUT2D eigenvalue weighted by molar-refractivity contribution is -0.154. The molecule has 206 valence electrons. The summed E-state index contributed by atoms with van der Waals surface area (Å²) in [7, 11) is 0. The van der Waals surface area contributed by atoms with Gasteiger partial charge in [-0.2, -0.15) is 0 Å². The monoisotopic (exact) mass is 624 g/mol. The van der Waals surface area contributed by atoms with Crippen molar-refractivity contribution in [2.45, 2.75) is 53.0 Å². The Hall–Kier alpha value is -1.81. The number of likely N-dealkylation sites (tertiary alicyclic amines) is 1. The summed E-state index contributed by atoms with van der Waals surface area (Å²) in [5.74, 6) is -2.11. The molecule has 0 aliphatic carbocycles. The Kier molecular flexibility index (Phi) is 9.66. The van der Waals surface area contributed by atoms with E-state index in [4.69, 9.17) is 16.3 Å². The van der Waals surface area contributed by atoms with Crippen molar-refractivity contribution in [3.63, 3.8) is 0 Å². The number of carbonyl (C=O) groups is 3. The van der Waals surface area contributed by atoms with Crippen LogP contribution in [-0.4, -0.2) is 75.0 Å². The molecule has 0 aromatic heterocycles. The van der Waals surface area contributed by atoms with Gasteiger partial charge in [0.05, 0.1) is 23.2 Å². The summed E-state index contributed by atoms with van der Waals surface area (Å²) >= 11 is 11.4. The van der Waals surface area contributed by atoms with Gasteiger partial charge in [-0.1, -0.05) is 39.7 Å². The number of allylic oxidation sites excluding steroid dienone is 1. The van der Waals surface area contributed by atoms with Crippen LogP contribution in [0.15, 0.2) is 49.6 Å². The molecular formula is C28H34BrClN2O5S. The van der Waals surface area contributed by atoms with Crippen LogP contribution in [0.3, 0.4) is 0 Å². The predicted molar refractivity (Wildman–Crippen MR) is 155 cm³/mol. The van der Waals surface area contributed by atoms with E-state index in [1.807, 2.05) is 6.08 Å². The number of halogens is 2. The van der Waals surface area contributed by atoms with Gasteiger partial charge in [-0.15, -0.1) is 24.9 Å². The van der Waals surface area contributed by atoms with Crippen LogP contribution in [0.5, 0.6) is 0 Å². The van der Waals surface area contributed by atoms with E-state index in [1.54, 1.807) is 51.9 Å². The fourth-order valence-corrected chi connectivity index (χ4v) is 9.76. The minimum atomic E-state index is -0.789. The van der Waals surface area contributed by atoms with Gasteiger partial charge in [-0.25, -0.2) is 0 Å². The Morgan fingerprint density at radius 3 is 2.63 bits per heavy atom. The number of thioether (sulfide) groups is 1. The first kappa shape index (κ1) is 29.2. The van der Waals surface area contributed by atoms with Crippen LogP contribution in [0, 0.1) is 11.8 Å². The molecule has 1 spiro atoms. The number of rotatable bonds is 13. The van der Waals surface area contributed by atoms with Crippen molar-refractivity contribution >= 4 is 62.8 Å². The first-order chi connectivity index (χ1) is 18.3. The third-order valence-corrected chi connectivity index (χ3v) is 11.1. The largest absolute Gasteiger partial charge is 0.465 e. The average molecular weight is 626 g/mol. The number of anilines is 1. The quantitative estimate of drug-likeness (QED) is 0.149. The molecule has 3 fully saturated rings. The number of fused-ring (bicyclic) bond motifs is 1. The number of aliphatic hydroxyl groups is 1. The third-order valence-electron chi connectivity index (χ3n) is 7.62. The van der Waals surface area contributed by atoms with Crippen molar-refractivity contribution in [1.29, 1.82) is 0 Å².